The van der Waals surface area contributed by atoms with E-state index in [1.165, 1.54) is 11.1 Å². The van der Waals surface area contributed by atoms with Gasteiger partial charge in [-0.25, -0.2) is 0 Å². The maximum atomic E-state index is 11.1. The second kappa shape index (κ2) is 6.82. The van der Waals surface area contributed by atoms with Crippen LogP contribution in [0.5, 0.6) is 0 Å². The van der Waals surface area contributed by atoms with Crippen LogP contribution < -0.4 is 11.1 Å². The van der Waals surface area contributed by atoms with E-state index >= 15 is 0 Å². The van der Waals surface area contributed by atoms with E-state index in [9.17, 15) is 4.79 Å². The molecule has 3 heteroatoms. The molecule has 0 aliphatic heterocycles. The van der Waals surface area contributed by atoms with Crippen LogP contribution in [0.25, 0.3) is 0 Å². The van der Waals surface area contributed by atoms with Gasteiger partial charge < -0.3 is 11.1 Å². The van der Waals surface area contributed by atoms with Crippen LogP contribution in [-0.2, 0) is 16.6 Å². The number of hydrogen-bond donors (Lipinski definition) is 2. The molecular formula is C19H30N2O. The average Bonchev–Trinajstić information content (AvgIpc) is 2.51. The van der Waals surface area contributed by atoms with Gasteiger partial charge >= 0.3 is 0 Å². The zero-order valence-electron chi connectivity index (χ0n) is 14.2. The van der Waals surface area contributed by atoms with Gasteiger partial charge in [0, 0.05) is 16.6 Å². The van der Waals surface area contributed by atoms with Crippen LogP contribution in [0.4, 0.5) is 5.69 Å². The van der Waals surface area contributed by atoms with E-state index in [0.29, 0.717) is 0 Å². The highest BCUT2D eigenvalue weighted by Crippen LogP contribution is 2.52. The lowest BCUT2D eigenvalue weighted by molar-refractivity contribution is -0.105. The fourth-order valence-electron chi connectivity index (χ4n) is 4.72. The van der Waals surface area contributed by atoms with Crippen molar-refractivity contribution in [3.63, 3.8) is 0 Å². The zero-order valence-corrected chi connectivity index (χ0v) is 14.2. The molecule has 1 aliphatic carbocycles. The van der Waals surface area contributed by atoms with Gasteiger partial charge in [0.25, 0.3) is 0 Å². The van der Waals surface area contributed by atoms with Gasteiger partial charge in [-0.15, -0.1) is 0 Å². The molecule has 22 heavy (non-hydrogen) atoms. The van der Waals surface area contributed by atoms with Crippen LogP contribution in [0, 0.1) is 0 Å². The maximum absolute atomic E-state index is 11.1. The summed E-state index contributed by atoms with van der Waals surface area (Å²) in [5.41, 5.74) is 10.4. The smallest absolute Gasteiger partial charge is 0.211 e. The number of nitrogens with one attached hydrogen (secondary N) is 1. The van der Waals surface area contributed by atoms with Crippen molar-refractivity contribution >= 4 is 12.1 Å². The lowest BCUT2D eigenvalue weighted by atomic mass is 9.54. The molecule has 2 atom stereocenters. The van der Waals surface area contributed by atoms with Gasteiger partial charge in [-0.05, 0) is 49.3 Å². The summed E-state index contributed by atoms with van der Waals surface area (Å²) < 4.78 is 0. The van der Waals surface area contributed by atoms with E-state index in [-0.39, 0.29) is 11.0 Å². The first-order valence-electron chi connectivity index (χ1n) is 8.70. The molecule has 0 heterocycles. The number of benzene rings is 1. The van der Waals surface area contributed by atoms with Crippen LogP contribution >= 0.6 is 0 Å². The number of fused-ring (bicyclic) bond motifs is 1. The second-order valence-electron chi connectivity index (χ2n) is 6.69. The summed E-state index contributed by atoms with van der Waals surface area (Å²) in [5.74, 6) is 0. The molecule has 122 valence electrons. The molecule has 2 unspecified atom stereocenters. The van der Waals surface area contributed by atoms with E-state index in [1.807, 2.05) is 12.1 Å². The highest BCUT2D eigenvalue weighted by molar-refractivity contribution is 5.76. The van der Waals surface area contributed by atoms with Crippen LogP contribution in [0.1, 0.15) is 70.4 Å². The predicted molar refractivity (Wildman–Crippen MR) is 93.2 cm³/mol. The summed E-state index contributed by atoms with van der Waals surface area (Å²) in [6.45, 7) is 6.69. The molecule has 1 aromatic rings. The predicted octanol–water partition coefficient (Wildman–Crippen LogP) is 4.15. The number of carbonyl (C=O) groups is 1. The Balaban J connectivity index is 2.68. The van der Waals surface area contributed by atoms with Crippen LogP contribution in [0.3, 0.4) is 0 Å². The van der Waals surface area contributed by atoms with Gasteiger partial charge in [-0.2, -0.15) is 0 Å². The molecule has 0 aromatic heterocycles. The average molecular weight is 302 g/mol. The molecular weight excluding hydrogens is 272 g/mol. The normalized spacial score (nSPS) is 27.3. The van der Waals surface area contributed by atoms with Gasteiger partial charge in [0.2, 0.25) is 6.41 Å². The third-order valence-corrected chi connectivity index (χ3v) is 5.61. The molecule has 0 fully saturated rings. The summed E-state index contributed by atoms with van der Waals surface area (Å²) in [6, 6.07) is 6.27. The summed E-state index contributed by atoms with van der Waals surface area (Å²) in [5, 5.41) is 2.93. The Hall–Kier alpha value is -1.35. The van der Waals surface area contributed by atoms with Crippen molar-refractivity contribution in [1.29, 1.82) is 0 Å². The fraction of sp³-hybridized carbons (Fsp3) is 0.632. The third kappa shape index (κ3) is 2.56. The van der Waals surface area contributed by atoms with Crippen LogP contribution in [0.2, 0.25) is 0 Å². The molecule has 1 aromatic carbocycles. The molecule has 3 nitrogen and oxygen atoms in total. The topological polar surface area (TPSA) is 55.1 Å². The summed E-state index contributed by atoms with van der Waals surface area (Å²) in [7, 11) is 0. The minimum atomic E-state index is -0.180. The lowest BCUT2D eigenvalue weighted by Gasteiger charge is -2.53. The van der Waals surface area contributed by atoms with Crippen molar-refractivity contribution in [2.45, 2.75) is 76.7 Å². The monoisotopic (exact) mass is 302 g/mol. The fourth-order valence-corrected chi connectivity index (χ4v) is 4.72. The van der Waals surface area contributed by atoms with E-state index in [2.05, 4.69) is 32.2 Å². The Bertz CT molecular complexity index is 528. The number of hydrogen-bond acceptors (Lipinski definition) is 2. The van der Waals surface area contributed by atoms with Crippen molar-refractivity contribution in [3.8, 4) is 0 Å². The Morgan fingerprint density at radius 2 is 1.95 bits per heavy atom. The largest absolute Gasteiger partial charge is 0.328 e. The highest BCUT2D eigenvalue weighted by atomic mass is 16.1. The number of carbonyl (C=O) groups excluding carboxylic acids is 1. The van der Waals surface area contributed by atoms with Crippen molar-refractivity contribution in [3.05, 3.63) is 29.3 Å². The molecule has 3 N–H and O–H groups in total. The van der Waals surface area contributed by atoms with E-state index in [1.54, 1.807) is 0 Å². The van der Waals surface area contributed by atoms with Gasteiger partial charge in [-0.3, -0.25) is 4.79 Å². The van der Waals surface area contributed by atoms with Gasteiger partial charge in [0.15, 0.2) is 0 Å². The van der Waals surface area contributed by atoms with Crippen LogP contribution in [-0.4, -0.2) is 11.9 Å². The molecule has 0 spiro atoms. The molecule has 0 radical (unpaired) electrons. The van der Waals surface area contributed by atoms with E-state index < -0.39 is 0 Å². The number of aryl methyl sites for hydroxylation is 1. The summed E-state index contributed by atoms with van der Waals surface area (Å²) >= 11 is 0. The summed E-state index contributed by atoms with van der Waals surface area (Å²) in [4.78, 5) is 11.1. The molecule has 1 amide bonds. The third-order valence-electron chi connectivity index (χ3n) is 5.61. The van der Waals surface area contributed by atoms with Crippen molar-refractivity contribution < 1.29 is 4.79 Å². The standard InChI is InChI=1S/C19H30N2O/c1-4-11-18(6-3)17-15(8-7-9-16(17)21-14-22)10-13-19(18,20)12-5-2/h7-9,14H,4-6,10-13,20H2,1-3H3,(H,21,22). The molecule has 0 bridgehead atoms. The summed E-state index contributed by atoms with van der Waals surface area (Å²) in [6.07, 6.45) is 8.15. The van der Waals surface area contributed by atoms with Gasteiger partial charge in [-0.1, -0.05) is 45.7 Å². The minimum absolute atomic E-state index is 0.0437. The van der Waals surface area contributed by atoms with Crippen molar-refractivity contribution in [1.82, 2.24) is 0 Å². The molecule has 1 aliphatic rings. The number of anilines is 1. The minimum Gasteiger partial charge on any atom is -0.328 e. The van der Waals surface area contributed by atoms with Gasteiger partial charge in [0.05, 0.1) is 0 Å². The molecule has 0 saturated heterocycles. The molecule has 2 rings (SSSR count). The zero-order chi connectivity index (χ0) is 16.2. The molecule has 0 saturated carbocycles. The Kier molecular flexibility index (Phi) is 5.28. The first kappa shape index (κ1) is 17.0. The highest BCUT2D eigenvalue weighted by Gasteiger charge is 2.51. The van der Waals surface area contributed by atoms with Crippen molar-refractivity contribution in [2.75, 3.05) is 5.32 Å². The quantitative estimate of drug-likeness (QED) is 0.743. The number of amides is 1. The first-order valence-corrected chi connectivity index (χ1v) is 8.70. The van der Waals surface area contributed by atoms with E-state index in [0.717, 1.165) is 57.0 Å². The first-order chi connectivity index (χ1) is 10.6. The lowest BCUT2D eigenvalue weighted by Crippen LogP contribution is -2.60. The van der Waals surface area contributed by atoms with Crippen molar-refractivity contribution in [2.24, 2.45) is 5.73 Å². The van der Waals surface area contributed by atoms with Crippen LogP contribution in [0.15, 0.2) is 18.2 Å². The number of nitrogens with two attached hydrogens (primary N) is 1. The van der Waals surface area contributed by atoms with Gasteiger partial charge in [0.1, 0.15) is 0 Å². The second-order valence-corrected chi connectivity index (χ2v) is 6.69. The Morgan fingerprint density at radius 3 is 2.55 bits per heavy atom. The Labute approximate surface area is 134 Å². The Morgan fingerprint density at radius 1 is 1.23 bits per heavy atom. The SMILES string of the molecule is CCCC1(N)CCc2cccc(NC=O)c2C1(CC)CCC. The number of rotatable bonds is 7. The maximum Gasteiger partial charge on any atom is 0.211 e. The van der Waals surface area contributed by atoms with E-state index in [4.69, 9.17) is 5.73 Å².